The van der Waals surface area contributed by atoms with E-state index in [0.29, 0.717) is 5.92 Å². The second-order valence-corrected chi connectivity index (χ2v) is 6.89. The lowest BCUT2D eigenvalue weighted by molar-refractivity contribution is 0.311. The van der Waals surface area contributed by atoms with Crippen LogP contribution in [0.1, 0.15) is 31.0 Å². The van der Waals surface area contributed by atoms with Gasteiger partial charge in [-0.3, -0.25) is 0 Å². The smallest absolute Gasteiger partial charge is 0.227 e. The Morgan fingerprint density at radius 3 is 2.29 bits per heavy atom. The van der Waals surface area contributed by atoms with Crippen molar-refractivity contribution in [3.8, 4) is 0 Å². The number of anilines is 3. The molecular formula is C19H27N5. The second kappa shape index (κ2) is 7.18. The van der Waals surface area contributed by atoms with E-state index in [4.69, 9.17) is 4.98 Å². The Labute approximate surface area is 144 Å². The van der Waals surface area contributed by atoms with Crippen LogP contribution in [0.25, 0.3) is 0 Å². The van der Waals surface area contributed by atoms with Crippen molar-refractivity contribution in [3.63, 3.8) is 0 Å². The Morgan fingerprint density at radius 1 is 1.00 bits per heavy atom. The van der Waals surface area contributed by atoms with Crippen LogP contribution in [0.4, 0.5) is 17.5 Å². The van der Waals surface area contributed by atoms with Crippen LogP contribution in [-0.4, -0.2) is 48.1 Å². The number of likely N-dealkylation sites (N-methyl/N-ethyl adjacent to an activating group) is 1. The third-order valence-electron chi connectivity index (χ3n) is 4.48. The molecule has 0 unspecified atom stereocenters. The Bertz CT molecular complexity index is 673. The fourth-order valence-corrected chi connectivity index (χ4v) is 2.86. The monoisotopic (exact) mass is 325 g/mol. The Morgan fingerprint density at radius 2 is 1.67 bits per heavy atom. The lowest BCUT2D eigenvalue weighted by Gasteiger charge is -2.32. The minimum absolute atomic E-state index is 0.546. The molecular weight excluding hydrogens is 298 g/mol. The Kier molecular flexibility index (Phi) is 5.00. The second-order valence-electron chi connectivity index (χ2n) is 6.89. The van der Waals surface area contributed by atoms with E-state index >= 15 is 0 Å². The van der Waals surface area contributed by atoms with E-state index in [2.05, 4.69) is 65.3 Å². The number of benzene rings is 1. The van der Waals surface area contributed by atoms with Crippen molar-refractivity contribution >= 4 is 17.5 Å². The van der Waals surface area contributed by atoms with E-state index in [9.17, 15) is 0 Å². The largest absolute Gasteiger partial charge is 0.340 e. The van der Waals surface area contributed by atoms with E-state index in [1.54, 1.807) is 0 Å². The molecule has 1 fully saturated rings. The zero-order valence-electron chi connectivity index (χ0n) is 15.1. The number of rotatable bonds is 4. The van der Waals surface area contributed by atoms with Crippen molar-refractivity contribution in [3.05, 3.63) is 41.6 Å². The summed E-state index contributed by atoms with van der Waals surface area (Å²) in [4.78, 5) is 13.9. The van der Waals surface area contributed by atoms with Crippen LogP contribution in [0.15, 0.2) is 30.3 Å². The van der Waals surface area contributed by atoms with Crippen molar-refractivity contribution in [2.24, 2.45) is 0 Å². The molecule has 0 radical (unpaired) electrons. The number of piperazine rings is 1. The van der Waals surface area contributed by atoms with Crippen molar-refractivity contribution in [1.82, 2.24) is 14.9 Å². The van der Waals surface area contributed by atoms with Crippen molar-refractivity contribution in [2.75, 3.05) is 43.4 Å². The van der Waals surface area contributed by atoms with Crippen LogP contribution in [0.5, 0.6) is 0 Å². The van der Waals surface area contributed by atoms with Crippen LogP contribution in [0.2, 0.25) is 0 Å². The highest BCUT2D eigenvalue weighted by Crippen LogP contribution is 2.21. The molecule has 0 saturated carbocycles. The minimum atomic E-state index is 0.546. The number of aromatic nitrogens is 2. The highest BCUT2D eigenvalue weighted by atomic mass is 15.3. The number of nitrogens with zero attached hydrogens (tertiary/aromatic N) is 4. The van der Waals surface area contributed by atoms with Gasteiger partial charge in [0.25, 0.3) is 0 Å². The summed E-state index contributed by atoms with van der Waals surface area (Å²) < 4.78 is 0. The zero-order valence-corrected chi connectivity index (χ0v) is 15.1. The summed E-state index contributed by atoms with van der Waals surface area (Å²) >= 11 is 0. The fraction of sp³-hybridized carbons (Fsp3) is 0.474. The quantitative estimate of drug-likeness (QED) is 0.933. The van der Waals surface area contributed by atoms with Crippen molar-refractivity contribution in [2.45, 2.75) is 26.7 Å². The zero-order chi connectivity index (χ0) is 17.1. The molecule has 5 nitrogen and oxygen atoms in total. The summed E-state index contributed by atoms with van der Waals surface area (Å²) in [5.74, 6) is 2.22. The van der Waals surface area contributed by atoms with E-state index in [1.165, 1.54) is 5.56 Å². The normalized spacial score (nSPS) is 15.8. The van der Waals surface area contributed by atoms with Crippen LogP contribution in [-0.2, 0) is 0 Å². The van der Waals surface area contributed by atoms with Gasteiger partial charge in [-0.25, -0.2) is 4.98 Å². The molecule has 0 aliphatic carbocycles. The number of hydrogen-bond acceptors (Lipinski definition) is 5. The molecule has 1 aliphatic heterocycles. The van der Waals surface area contributed by atoms with Crippen molar-refractivity contribution in [1.29, 1.82) is 0 Å². The lowest BCUT2D eigenvalue weighted by atomic mass is 10.0. The van der Waals surface area contributed by atoms with Gasteiger partial charge in [0.1, 0.15) is 5.82 Å². The van der Waals surface area contributed by atoms with Gasteiger partial charge in [-0.2, -0.15) is 4.98 Å². The highest BCUT2D eigenvalue weighted by Gasteiger charge is 2.17. The summed E-state index contributed by atoms with van der Waals surface area (Å²) in [6, 6.07) is 10.6. The summed E-state index contributed by atoms with van der Waals surface area (Å²) in [6.07, 6.45) is 0. The van der Waals surface area contributed by atoms with Gasteiger partial charge < -0.3 is 15.1 Å². The average molecular weight is 325 g/mol. The van der Waals surface area contributed by atoms with E-state index < -0.39 is 0 Å². The molecule has 1 aromatic carbocycles. The standard InChI is InChI=1S/C19H27N5/c1-14(2)16-5-7-17(8-6-16)21-18-13-15(3)20-19(22-18)24-11-9-23(4)10-12-24/h5-8,13-14H,9-12H2,1-4H3,(H,20,21,22). The molecule has 0 atom stereocenters. The fourth-order valence-electron chi connectivity index (χ4n) is 2.86. The van der Waals surface area contributed by atoms with E-state index in [1.807, 2.05) is 13.0 Å². The molecule has 2 heterocycles. The maximum Gasteiger partial charge on any atom is 0.227 e. The molecule has 1 aliphatic rings. The van der Waals surface area contributed by atoms with E-state index in [-0.39, 0.29) is 0 Å². The van der Waals surface area contributed by atoms with Crippen LogP contribution in [0, 0.1) is 6.92 Å². The molecule has 0 amide bonds. The molecule has 5 heteroatoms. The Hall–Kier alpha value is -2.14. The predicted octanol–water partition coefficient (Wildman–Crippen LogP) is 3.40. The van der Waals surface area contributed by atoms with Gasteiger partial charge in [0.05, 0.1) is 0 Å². The number of aryl methyl sites for hydroxylation is 1. The predicted molar refractivity (Wildman–Crippen MR) is 100 cm³/mol. The average Bonchev–Trinajstić information content (AvgIpc) is 2.55. The van der Waals surface area contributed by atoms with Gasteiger partial charge in [0.15, 0.2) is 0 Å². The van der Waals surface area contributed by atoms with Gasteiger partial charge in [0, 0.05) is 43.6 Å². The molecule has 1 saturated heterocycles. The van der Waals surface area contributed by atoms with Gasteiger partial charge in [-0.05, 0) is 37.6 Å². The summed E-state index contributed by atoms with van der Waals surface area (Å²) in [5, 5.41) is 3.41. The molecule has 1 N–H and O–H groups in total. The molecule has 2 aromatic rings. The summed E-state index contributed by atoms with van der Waals surface area (Å²) in [7, 11) is 2.16. The first-order valence-electron chi connectivity index (χ1n) is 8.67. The molecule has 1 aromatic heterocycles. The minimum Gasteiger partial charge on any atom is -0.340 e. The maximum absolute atomic E-state index is 4.72. The first kappa shape index (κ1) is 16.7. The van der Waals surface area contributed by atoms with Crippen LogP contribution in [0.3, 0.4) is 0 Å². The van der Waals surface area contributed by atoms with Gasteiger partial charge >= 0.3 is 0 Å². The highest BCUT2D eigenvalue weighted by molar-refractivity contribution is 5.58. The van der Waals surface area contributed by atoms with Crippen LogP contribution >= 0.6 is 0 Å². The number of nitrogens with one attached hydrogen (secondary N) is 1. The third-order valence-corrected chi connectivity index (χ3v) is 4.48. The molecule has 24 heavy (non-hydrogen) atoms. The molecule has 0 spiro atoms. The van der Waals surface area contributed by atoms with E-state index in [0.717, 1.165) is 49.3 Å². The molecule has 0 bridgehead atoms. The van der Waals surface area contributed by atoms with Crippen LogP contribution < -0.4 is 10.2 Å². The Balaban J connectivity index is 1.76. The first-order valence-corrected chi connectivity index (χ1v) is 8.67. The van der Waals surface area contributed by atoms with Gasteiger partial charge in [-0.15, -0.1) is 0 Å². The molecule has 3 rings (SSSR count). The van der Waals surface area contributed by atoms with Crippen molar-refractivity contribution < 1.29 is 0 Å². The maximum atomic E-state index is 4.72. The molecule has 128 valence electrons. The number of hydrogen-bond donors (Lipinski definition) is 1. The van der Waals surface area contributed by atoms with Gasteiger partial charge in [-0.1, -0.05) is 26.0 Å². The van der Waals surface area contributed by atoms with Gasteiger partial charge in [0.2, 0.25) is 5.95 Å². The SMILES string of the molecule is Cc1cc(Nc2ccc(C(C)C)cc2)nc(N2CCN(C)CC2)n1. The first-order chi connectivity index (χ1) is 11.5. The lowest BCUT2D eigenvalue weighted by Crippen LogP contribution is -2.45. The summed E-state index contributed by atoms with van der Waals surface area (Å²) in [6.45, 7) is 10.5. The topological polar surface area (TPSA) is 44.3 Å². The third kappa shape index (κ3) is 4.03. The summed E-state index contributed by atoms with van der Waals surface area (Å²) in [5.41, 5.74) is 3.39.